The monoisotopic (exact) mass is 320 g/mol. The van der Waals surface area contributed by atoms with Crippen molar-refractivity contribution in [2.75, 3.05) is 0 Å². The summed E-state index contributed by atoms with van der Waals surface area (Å²) in [6.45, 7) is 4.88. The van der Waals surface area contributed by atoms with Crippen molar-refractivity contribution in [1.29, 1.82) is 0 Å². The highest BCUT2D eigenvalue weighted by molar-refractivity contribution is 7.17. The fourth-order valence-corrected chi connectivity index (χ4v) is 2.62. The number of aliphatic carboxylic acids is 1. The lowest BCUT2D eigenvalue weighted by Gasteiger charge is -2.24. The Morgan fingerprint density at radius 3 is 2.55 bits per heavy atom. The molecule has 0 fully saturated rings. The first-order valence-corrected chi connectivity index (χ1v) is 7.49. The molecule has 2 N–H and O–H groups in total. The summed E-state index contributed by atoms with van der Waals surface area (Å²) in [5, 5.41) is 12.3. The van der Waals surface area contributed by atoms with Crippen molar-refractivity contribution >= 4 is 23.2 Å². The predicted molar refractivity (Wildman–Crippen MR) is 81.7 cm³/mol. The van der Waals surface area contributed by atoms with Crippen LogP contribution in [0.15, 0.2) is 18.5 Å². The molecular formula is C14H16N4O3S. The first-order chi connectivity index (χ1) is 10.4. The standard InChI is InChI=1S/C14H16N4O3S/c1-4-14(3,13(20)21)18-11(19)9-8(2)17-12(22-9)10-15-6-5-7-16-10/h5-7H,4H2,1-3H3,(H,18,19)(H,20,21). The lowest BCUT2D eigenvalue weighted by Crippen LogP contribution is -2.51. The highest BCUT2D eigenvalue weighted by Crippen LogP contribution is 2.25. The van der Waals surface area contributed by atoms with E-state index in [-0.39, 0.29) is 6.42 Å². The Morgan fingerprint density at radius 1 is 1.36 bits per heavy atom. The molecule has 2 aromatic heterocycles. The van der Waals surface area contributed by atoms with Gasteiger partial charge in [-0.3, -0.25) is 4.79 Å². The summed E-state index contributed by atoms with van der Waals surface area (Å²) in [5.41, 5.74) is -0.787. The van der Waals surface area contributed by atoms with E-state index in [0.717, 1.165) is 11.3 Å². The van der Waals surface area contributed by atoms with Gasteiger partial charge in [0.15, 0.2) is 10.8 Å². The minimum atomic E-state index is -1.31. The molecule has 7 nitrogen and oxygen atoms in total. The van der Waals surface area contributed by atoms with Gasteiger partial charge in [-0.2, -0.15) is 0 Å². The number of nitrogens with zero attached hydrogens (tertiary/aromatic N) is 3. The maximum Gasteiger partial charge on any atom is 0.329 e. The average molecular weight is 320 g/mol. The lowest BCUT2D eigenvalue weighted by molar-refractivity contribution is -0.143. The number of carboxylic acids is 1. The molecule has 0 spiro atoms. The summed E-state index contributed by atoms with van der Waals surface area (Å²) in [5.74, 6) is -1.09. The number of carbonyl (C=O) groups is 2. The third-order valence-electron chi connectivity index (χ3n) is 3.33. The highest BCUT2D eigenvalue weighted by Gasteiger charge is 2.34. The summed E-state index contributed by atoms with van der Waals surface area (Å²) in [4.78, 5) is 36.5. The van der Waals surface area contributed by atoms with E-state index in [1.54, 1.807) is 32.3 Å². The zero-order chi connectivity index (χ0) is 16.3. The topological polar surface area (TPSA) is 105 Å². The van der Waals surface area contributed by atoms with E-state index < -0.39 is 17.4 Å². The van der Waals surface area contributed by atoms with Crippen LogP contribution < -0.4 is 5.32 Å². The molecule has 0 radical (unpaired) electrons. The van der Waals surface area contributed by atoms with Gasteiger partial charge >= 0.3 is 5.97 Å². The van der Waals surface area contributed by atoms with Crippen LogP contribution in [0, 0.1) is 6.92 Å². The lowest BCUT2D eigenvalue weighted by atomic mass is 9.99. The third kappa shape index (κ3) is 3.11. The summed E-state index contributed by atoms with van der Waals surface area (Å²) in [6, 6.07) is 1.69. The van der Waals surface area contributed by atoms with Crippen molar-refractivity contribution in [3.05, 3.63) is 29.0 Å². The van der Waals surface area contributed by atoms with Gasteiger partial charge in [-0.05, 0) is 26.3 Å². The van der Waals surface area contributed by atoms with Crippen molar-refractivity contribution in [3.63, 3.8) is 0 Å². The number of thiazole rings is 1. The van der Waals surface area contributed by atoms with Gasteiger partial charge in [0.2, 0.25) is 0 Å². The molecule has 2 heterocycles. The molecule has 1 atom stereocenters. The van der Waals surface area contributed by atoms with Crippen molar-refractivity contribution < 1.29 is 14.7 Å². The molecule has 2 rings (SSSR count). The van der Waals surface area contributed by atoms with Crippen LogP contribution in [0.2, 0.25) is 0 Å². The summed E-state index contributed by atoms with van der Waals surface area (Å²) < 4.78 is 0. The van der Waals surface area contributed by atoms with Gasteiger partial charge in [-0.1, -0.05) is 6.92 Å². The number of hydrogen-bond donors (Lipinski definition) is 2. The van der Waals surface area contributed by atoms with Crippen LogP contribution in [0.4, 0.5) is 0 Å². The van der Waals surface area contributed by atoms with Gasteiger partial charge in [-0.25, -0.2) is 19.7 Å². The number of hydrogen-bond acceptors (Lipinski definition) is 6. The molecule has 0 bridgehead atoms. The molecule has 0 aromatic carbocycles. The van der Waals surface area contributed by atoms with Crippen LogP contribution in [0.1, 0.15) is 35.6 Å². The van der Waals surface area contributed by atoms with E-state index >= 15 is 0 Å². The number of carboxylic acid groups (broad SMARTS) is 1. The second-order valence-electron chi connectivity index (χ2n) is 4.95. The molecule has 0 aliphatic rings. The van der Waals surface area contributed by atoms with Crippen molar-refractivity contribution in [2.45, 2.75) is 32.7 Å². The number of amides is 1. The quantitative estimate of drug-likeness (QED) is 0.871. The number of aromatic nitrogens is 3. The fourth-order valence-electron chi connectivity index (χ4n) is 1.71. The Kier molecular flexibility index (Phi) is 4.51. The van der Waals surface area contributed by atoms with Gasteiger partial charge < -0.3 is 10.4 Å². The van der Waals surface area contributed by atoms with E-state index in [4.69, 9.17) is 0 Å². The van der Waals surface area contributed by atoms with Gasteiger partial charge in [0.25, 0.3) is 5.91 Å². The van der Waals surface area contributed by atoms with E-state index in [0.29, 0.717) is 21.4 Å². The second-order valence-corrected chi connectivity index (χ2v) is 5.95. The SMILES string of the molecule is CCC(C)(NC(=O)c1sc(-c2ncccn2)nc1C)C(=O)O. The number of rotatable bonds is 5. The van der Waals surface area contributed by atoms with Crippen molar-refractivity contribution in [1.82, 2.24) is 20.3 Å². The Balaban J connectivity index is 2.28. The van der Waals surface area contributed by atoms with Gasteiger partial charge in [0.1, 0.15) is 10.4 Å². The smallest absolute Gasteiger partial charge is 0.329 e. The molecule has 116 valence electrons. The maximum absolute atomic E-state index is 12.3. The first kappa shape index (κ1) is 16.0. The largest absolute Gasteiger partial charge is 0.480 e. The summed E-state index contributed by atoms with van der Waals surface area (Å²) >= 11 is 1.14. The normalized spacial score (nSPS) is 13.4. The molecule has 1 amide bonds. The van der Waals surface area contributed by atoms with Crippen LogP contribution in [0.25, 0.3) is 10.8 Å². The highest BCUT2D eigenvalue weighted by atomic mass is 32.1. The Morgan fingerprint density at radius 2 is 2.00 bits per heavy atom. The third-order valence-corrected chi connectivity index (χ3v) is 4.48. The number of carbonyl (C=O) groups excluding carboxylic acids is 1. The molecular weight excluding hydrogens is 304 g/mol. The van der Waals surface area contributed by atoms with E-state index in [1.165, 1.54) is 6.92 Å². The van der Waals surface area contributed by atoms with Crippen LogP contribution in [0.3, 0.4) is 0 Å². The summed E-state index contributed by atoms with van der Waals surface area (Å²) in [7, 11) is 0. The maximum atomic E-state index is 12.3. The van der Waals surface area contributed by atoms with Crippen LogP contribution in [0.5, 0.6) is 0 Å². The molecule has 0 aliphatic carbocycles. The van der Waals surface area contributed by atoms with Crippen LogP contribution >= 0.6 is 11.3 Å². The number of nitrogens with one attached hydrogen (secondary N) is 1. The van der Waals surface area contributed by atoms with Crippen molar-refractivity contribution in [3.8, 4) is 10.8 Å². The van der Waals surface area contributed by atoms with Crippen LogP contribution in [-0.2, 0) is 4.79 Å². The first-order valence-electron chi connectivity index (χ1n) is 6.68. The van der Waals surface area contributed by atoms with Crippen molar-refractivity contribution in [2.24, 2.45) is 0 Å². The molecule has 0 saturated carbocycles. The van der Waals surface area contributed by atoms with E-state index in [1.807, 2.05) is 0 Å². The molecule has 0 saturated heterocycles. The predicted octanol–water partition coefficient (Wildman–Crippen LogP) is 1.89. The minimum Gasteiger partial charge on any atom is -0.480 e. The van der Waals surface area contributed by atoms with E-state index in [2.05, 4.69) is 20.3 Å². The summed E-state index contributed by atoms with van der Waals surface area (Å²) in [6.07, 6.45) is 3.47. The van der Waals surface area contributed by atoms with Gasteiger partial charge in [0, 0.05) is 12.4 Å². The van der Waals surface area contributed by atoms with E-state index in [9.17, 15) is 14.7 Å². The van der Waals surface area contributed by atoms with Gasteiger partial charge in [0.05, 0.1) is 5.69 Å². The fraction of sp³-hybridized carbons (Fsp3) is 0.357. The molecule has 2 aromatic rings. The Bertz CT molecular complexity index is 701. The minimum absolute atomic E-state index is 0.278. The number of aryl methyl sites for hydroxylation is 1. The molecule has 0 aliphatic heterocycles. The molecule has 22 heavy (non-hydrogen) atoms. The Hall–Kier alpha value is -2.35. The van der Waals surface area contributed by atoms with Crippen LogP contribution in [-0.4, -0.2) is 37.5 Å². The molecule has 8 heteroatoms. The zero-order valence-corrected chi connectivity index (χ0v) is 13.3. The Labute approximate surface area is 131 Å². The average Bonchev–Trinajstić information content (AvgIpc) is 2.90. The van der Waals surface area contributed by atoms with Gasteiger partial charge in [-0.15, -0.1) is 11.3 Å². The zero-order valence-electron chi connectivity index (χ0n) is 12.5. The second kappa shape index (κ2) is 6.18. The molecule has 1 unspecified atom stereocenters.